The second kappa shape index (κ2) is 3.62. The minimum absolute atomic E-state index is 0.0417. The second-order valence-electron chi connectivity index (χ2n) is 7.90. The number of aliphatic hydroxyl groups is 1. The Kier molecular flexibility index (Phi) is 2.34. The number of rotatable bonds is 1. The van der Waals surface area contributed by atoms with E-state index in [-0.39, 0.29) is 41.8 Å². The first-order valence-corrected chi connectivity index (χ1v) is 7.95. The minimum Gasteiger partial charge on any atom is -0.460 e. The van der Waals surface area contributed by atoms with Gasteiger partial charge >= 0.3 is 5.97 Å². The van der Waals surface area contributed by atoms with Crippen LogP contribution in [-0.2, 0) is 14.3 Å². The van der Waals surface area contributed by atoms with E-state index in [2.05, 4.69) is 13.8 Å². The van der Waals surface area contributed by atoms with Crippen molar-refractivity contribution in [3.05, 3.63) is 0 Å². The third kappa shape index (κ3) is 1.17. The average molecular weight is 293 g/mol. The summed E-state index contributed by atoms with van der Waals surface area (Å²) in [6, 6.07) is -0.197. The number of carbonyl (C=O) groups excluding carboxylic acids is 2. The molecule has 0 spiro atoms. The number of hydrogen-bond acceptors (Lipinski definition) is 4. The number of ether oxygens (including phenoxy) is 1. The van der Waals surface area contributed by atoms with Gasteiger partial charge in [0.2, 0.25) is 0 Å². The van der Waals surface area contributed by atoms with E-state index >= 15 is 0 Å². The molecule has 4 fully saturated rings. The van der Waals surface area contributed by atoms with Crippen LogP contribution in [0.25, 0.3) is 0 Å². The van der Waals surface area contributed by atoms with Crippen LogP contribution in [0.15, 0.2) is 0 Å². The fourth-order valence-corrected chi connectivity index (χ4v) is 6.13. The standard InChI is InChI=1S/C16H23NO4/c1-7(2)9-10-8-5-6-16(20)14(19)17(4)12(15(8,16)3)11(9)21-13(10)18/h7-12,20H,5-6H2,1-4H3/t8-,9-,10+,11+,12+,15-,16?/m0/s1. The number of likely N-dealkylation sites (N-methyl/N-ethyl adjacent to an activating group) is 1. The Morgan fingerprint density at radius 2 is 2.05 bits per heavy atom. The van der Waals surface area contributed by atoms with Crippen LogP contribution in [0, 0.1) is 29.1 Å². The third-order valence-electron chi connectivity index (χ3n) is 7.02. The number of fused-ring (bicyclic) bond motifs is 4. The summed E-state index contributed by atoms with van der Waals surface area (Å²) in [7, 11) is 1.75. The van der Waals surface area contributed by atoms with Crippen LogP contribution < -0.4 is 0 Å². The summed E-state index contributed by atoms with van der Waals surface area (Å²) >= 11 is 0. The molecule has 0 radical (unpaired) electrons. The zero-order valence-electron chi connectivity index (χ0n) is 13.0. The van der Waals surface area contributed by atoms with Crippen LogP contribution in [0.3, 0.4) is 0 Å². The molecule has 0 aromatic carbocycles. The summed E-state index contributed by atoms with van der Waals surface area (Å²) in [6.45, 7) is 6.23. The molecular weight excluding hydrogens is 270 g/mol. The van der Waals surface area contributed by atoms with Gasteiger partial charge in [-0.05, 0) is 24.7 Å². The van der Waals surface area contributed by atoms with E-state index in [1.165, 1.54) is 0 Å². The molecular formula is C16H23NO4. The van der Waals surface area contributed by atoms with E-state index in [1.807, 2.05) is 6.92 Å². The van der Waals surface area contributed by atoms with Crippen molar-refractivity contribution in [2.75, 3.05) is 7.05 Å². The summed E-state index contributed by atoms with van der Waals surface area (Å²) in [5.74, 6) is 0.0442. The Hall–Kier alpha value is -1.10. The van der Waals surface area contributed by atoms with Crippen LogP contribution in [0.2, 0.25) is 0 Å². The first-order valence-electron chi connectivity index (χ1n) is 7.95. The molecule has 2 bridgehead atoms. The van der Waals surface area contributed by atoms with Crippen LogP contribution in [0.5, 0.6) is 0 Å². The highest BCUT2D eigenvalue weighted by atomic mass is 16.6. The van der Waals surface area contributed by atoms with Crippen molar-refractivity contribution in [3.8, 4) is 0 Å². The fraction of sp³-hybridized carbons (Fsp3) is 0.875. The number of nitrogens with zero attached hydrogens (tertiary/aromatic N) is 1. The molecule has 0 aromatic rings. The first kappa shape index (κ1) is 13.6. The quantitative estimate of drug-likeness (QED) is 0.726. The fourth-order valence-electron chi connectivity index (χ4n) is 6.13. The largest absolute Gasteiger partial charge is 0.460 e. The predicted molar refractivity (Wildman–Crippen MR) is 74.0 cm³/mol. The van der Waals surface area contributed by atoms with Gasteiger partial charge in [-0.25, -0.2) is 0 Å². The van der Waals surface area contributed by atoms with Crippen molar-refractivity contribution < 1.29 is 19.4 Å². The van der Waals surface area contributed by atoms with Gasteiger partial charge in [0.25, 0.3) is 5.91 Å². The van der Waals surface area contributed by atoms with Crippen molar-refractivity contribution in [2.24, 2.45) is 29.1 Å². The second-order valence-corrected chi connectivity index (χ2v) is 7.90. The summed E-state index contributed by atoms with van der Waals surface area (Å²) in [5, 5.41) is 11.1. The molecule has 0 aromatic heterocycles. The van der Waals surface area contributed by atoms with Gasteiger partial charge in [-0.3, -0.25) is 9.59 Å². The van der Waals surface area contributed by atoms with Gasteiger partial charge in [0.15, 0.2) is 5.60 Å². The maximum absolute atomic E-state index is 12.6. The molecule has 5 nitrogen and oxygen atoms in total. The zero-order chi connectivity index (χ0) is 15.3. The van der Waals surface area contributed by atoms with E-state index < -0.39 is 11.0 Å². The first-order chi connectivity index (χ1) is 9.75. The topological polar surface area (TPSA) is 66.8 Å². The molecule has 7 atom stereocenters. The van der Waals surface area contributed by atoms with Crippen molar-refractivity contribution in [3.63, 3.8) is 0 Å². The number of carbonyl (C=O) groups is 2. The highest BCUT2D eigenvalue weighted by molar-refractivity contribution is 5.91. The molecule has 4 rings (SSSR count). The summed E-state index contributed by atoms with van der Waals surface area (Å²) in [5.41, 5.74) is -1.88. The molecule has 2 saturated heterocycles. The van der Waals surface area contributed by atoms with Gasteiger partial charge in [0, 0.05) is 18.4 Å². The lowest BCUT2D eigenvalue weighted by atomic mass is 9.54. The molecule has 2 heterocycles. The maximum Gasteiger partial charge on any atom is 0.310 e. The van der Waals surface area contributed by atoms with Gasteiger partial charge in [-0.1, -0.05) is 20.8 Å². The Morgan fingerprint density at radius 1 is 1.38 bits per heavy atom. The van der Waals surface area contributed by atoms with E-state index in [9.17, 15) is 14.7 Å². The number of esters is 1. The highest BCUT2D eigenvalue weighted by Crippen LogP contribution is 2.68. The normalized spacial score (nSPS) is 54.4. The van der Waals surface area contributed by atoms with Crippen LogP contribution in [0.4, 0.5) is 0 Å². The molecule has 21 heavy (non-hydrogen) atoms. The van der Waals surface area contributed by atoms with E-state index in [0.29, 0.717) is 12.3 Å². The predicted octanol–water partition coefficient (Wildman–Crippen LogP) is 0.802. The van der Waals surface area contributed by atoms with E-state index in [1.54, 1.807) is 11.9 Å². The maximum atomic E-state index is 12.6. The van der Waals surface area contributed by atoms with E-state index in [0.717, 1.165) is 6.42 Å². The average Bonchev–Trinajstić information content (AvgIpc) is 2.89. The lowest BCUT2D eigenvalue weighted by Crippen LogP contribution is -2.60. The van der Waals surface area contributed by atoms with Crippen molar-refractivity contribution in [2.45, 2.75) is 51.4 Å². The van der Waals surface area contributed by atoms with Crippen molar-refractivity contribution in [1.82, 2.24) is 4.90 Å². The SMILES string of the molecule is CC(C)[C@@H]1[C@H]2OC(=O)[C@@H]1[C@@H]1CCC3(O)C(=O)N(C)[C@H]2[C@]13C. The lowest BCUT2D eigenvalue weighted by molar-refractivity contribution is -0.150. The molecule has 116 valence electrons. The summed E-state index contributed by atoms with van der Waals surface area (Å²) in [6.07, 6.45) is 0.929. The Balaban J connectivity index is 1.92. The zero-order valence-corrected chi connectivity index (χ0v) is 13.0. The molecule has 2 aliphatic heterocycles. The molecule has 1 amide bonds. The molecule has 2 aliphatic carbocycles. The number of likely N-dealkylation sites (tertiary alicyclic amines) is 1. The number of amides is 1. The van der Waals surface area contributed by atoms with Gasteiger partial charge in [0.1, 0.15) is 6.10 Å². The molecule has 5 heteroatoms. The lowest BCUT2D eigenvalue weighted by Gasteiger charge is -2.49. The Labute approximate surface area is 124 Å². The highest BCUT2D eigenvalue weighted by Gasteiger charge is 2.79. The molecule has 1 N–H and O–H groups in total. The minimum atomic E-state index is -1.32. The Morgan fingerprint density at radius 3 is 2.67 bits per heavy atom. The van der Waals surface area contributed by atoms with Gasteiger partial charge in [0.05, 0.1) is 12.0 Å². The molecule has 4 aliphatic rings. The monoisotopic (exact) mass is 293 g/mol. The van der Waals surface area contributed by atoms with Gasteiger partial charge in [-0.15, -0.1) is 0 Å². The van der Waals surface area contributed by atoms with E-state index in [4.69, 9.17) is 4.74 Å². The van der Waals surface area contributed by atoms with Crippen LogP contribution in [0.1, 0.15) is 33.6 Å². The van der Waals surface area contributed by atoms with Crippen LogP contribution >= 0.6 is 0 Å². The number of hydrogen-bond donors (Lipinski definition) is 1. The summed E-state index contributed by atoms with van der Waals surface area (Å²) < 4.78 is 5.71. The van der Waals surface area contributed by atoms with Crippen LogP contribution in [-0.4, -0.2) is 46.7 Å². The Bertz CT molecular complexity index is 546. The smallest absolute Gasteiger partial charge is 0.310 e. The molecule has 1 unspecified atom stereocenters. The van der Waals surface area contributed by atoms with Gasteiger partial charge < -0.3 is 14.7 Å². The molecule has 2 saturated carbocycles. The van der Waals surface area contributed by atoms with Crippen molar-refractivity contribution in [1.29, 1.82) is 0 Å². The van der Waals surface area contributed by atoms with Gasteiger partial charge in [-0.2, -0.15) is 0 Å². The third-order valence-corrected chi connectivity index (χ3v) is 7.02. The summed E-state index contributed by atoms with van der Waals surface area (Å²) in [4.78, 5) is 26.7. The van der Waals surface area contributed by atoms with Crippen molar-refractivity contribution >= 4 is 11.9 Å².